The van der Waals surface area contributed by atoms with E-state index in [0.29, 0.717) is 26.1 Å². The van der Waals surface area contributed by atoms with E-state index in [2.05, 4.69) is 47.1 Å². The highest BCUT2D eigenvalue weighted by Gasteiger charge is 2.02. The predicted molar refractivity (Wildman–Crippen MR) is 96.7 cm³/mol. The number of urea groups is 1. The number of rotatable bonds is 10. The minimum atomic E-state index is -0.218. The maximum atomic E-state index is 11.5. The molecule has 5 nitrogen and oxygen atoms in total. The largest absolute Gasteiger partial charge is 0.356 e. The van der Waals surface area contributed by atoms with Gasteiger partial charge >= 0.3 is 6.03 Å². The zero-order valence-corrected chi connectivity index (χ0v) is 14.8. The zero-order chi connectivity index (χ0) is 16.9. The van der Waals surface area contributed by atoms with Gasteiger partial charge in [-0.25, -0.2) is 4.79 Å². The van der Waals surface area contributed by atoms with Crippen molar-refractivity contribution >= 4 is 23.7 Å². The lowest BCUT2D eigenvalue weighted by molar-refractivity contribution is -0.120. The van der Waals surface area contributed by atoms with Gasteiger partial charge in [-0.2, -0.15) is 11.8 Å². The molecule has 0 atom stereocenters. The molecule has 128 valence electrons. The minimum absolute atomic E-state index is 0.0270. The van der Waals surface area contributed by atoms with Gasteiger partial charge in [-0.3, -0.25) is 4.79 Å². The summed E-state index contributed by atoms with van der Waals surface area (Å²) < 4.78 is 0. The number of benzene rings is 1. The Hall–Kier alpha value is -1.69. The molecule has 0 spiro atoms. The highest BCUT2D eigenvalue weighted by atomic mass is 32.2. The first-order valence-electron chi connectivity index (χ1n) is 8.03. The molecule has 6 heteroatoms. The van der Waals surface area contributed by atoms with Crippen LogP contribution in [0.1, 0.15) is 30.9 Å². The molecule has 3 N–H and O–H groups in total. The summed E-state index contributed by atoms with van der Waals surface area (Å²) >= 11 is 1.79. The zero-order valence-electron chi connectivity index (χ0n) is 14.0. The van der Waals surface area contributed by atoms with Crippen LogP contribution in [0.2, 0.25) is 0 Å². The van der Waals surface area contributed by atoms with Crippen LogP contribution in [0.5, 0.6) is 0 Å². The average molecular weight is 337 g/mol. The van der Waals surface area contributed by atoms with Gasteiger partial charge in [0.1, 0.15) is 0 Å². The van der Waals surface area contributed by atoms with E-state index in [4.69, 9.17) is 0 Å². The van der Waals surface area contributed by atoms with Gasteiger partial charge in [0.15, 0.2) is 0 Å². The molecule has 0 saturated carbocycles. The summed E-state index contributed by atoms with van der Waals surface area (Å²) in [6, 6.07) is 8.26. The molecule has 1 aromatic carbocycles. The van der Waals surface area contributed by atoms with E-state index in [1.54, 1.807) is 11.8 Å². The summed E-state index contributed by atoms with van der Waals surface area (Å²) in [6.07, 6.45) is 1.23. The lowest BCUT2D eigenvalue weighted by Crippen LogP contribution is -2.38. The monoisotopic (exact) mass is 337 g/mol. The highest BCUT2D eigenvalue weighted by Crippen LogP contribution is 2.12. The normalized spacial score (nSPS) is 10.2. The molecule has 0 unspecified atom stereocenters. The van der Waals surface area contributed by atoms with Crippen LogP contribution in [0, 0.1) is 6.92 Å². The van der Waals surface area contributed by atoms with E-state index in [0.717, 1.165) is 17.9 Å². The van der Waals surface area contributed by atoms with Crippen molar-refractivity contribution in [3.05, 3.63) is 35.4 Å². The number of hydrogen-bond acceptors (Lipinski definition) is 3. The highest BCUT2D eigenvalue weighted by molar-refractivity contribution is 7.98. The Morgan fingerprint density at radius 1 is 1.00 bits per heavy atom. The van der Waals surface area contributed by atoms with E-state index >= 15 is 0 Å². The van der Waals surface area contributed by atoms with Gasteiger partial charge in [-0.1, -0.05) is 36.8 Å². The lowest BCUT2D eigenvalue weighted by Gasteiger charge is -2.08. The first-order chi connectivity index (χ1) is 11.1. The molecule has 0 aliphatic carbocycles. The second-order valence-corrected chi connectivity index (χ2v) is 6.43. The quantitative estimate of drug-likeness (QED) is 0.574. The summed E-state index contributed by atoms with van der Waals surface area (Å²) in [4.78, 5) is 22.9. The van der Waals surface area contributed by atoms with Crippen LogP contribution >= 0.6 is 11.8 Å². The van der Waals surface area contributed by atoms with Gasteiger partial charge in [-0.15, -0.1) is 0 Å². The van der Waals surface area contributed by atoms with Gasteiger partial charge in [0.25, 0.3) is 0 Å². The van der Waals surface area contributed by atoms with E-state index in [-0.39, 0.29) is 11.9 Å². The standard InChI is InChI=1S/C17H27N3O2S/c1-3-9-18-16(21)8-10-19-17(22)20-11-12-23-13-15-6-4-14(2)5-7-15/h4-7H,3,8-13H2,1-2H3,(H,18,21)(H2,19,20,22). The van der Waals surface area contributed by atoms with Gasteiger partial charge < -0.3 is 16.0 Å². The molecular weight excluding hydrogens is 310 g/mol. The Balaban J connectivity index is 1.99. The third-order valence-corrected chi connectivity index (χ3v) is 4.16. The molecule has 0 aliphatic rings. The Morgan fingerprint density at radius 2 is 1.70 bits per heavy atom. The Kier molecular flexibility index (Phi) is 9.95. The fourth-order valence-corrected chi connectivity index (χ4v) is 2.63. The summed E-state index contributed by atoms with van der Waals surface area (Å²) in [5, 5.41) is 8.25. The van der Waals surface area contributed by atoms with E-state index in [1.165, 1.54) is 11.1 Å². The summed E-state index contributed by atoms with van der Waals surface area (Å²) in [5.74, 6) is 1.78. The Morgan fingerprint density at radius 3 is 2.39 bits per heavy atom. The Bertz CT molecular complexity index is 477. The van der Waals surface area contributed by atoms with Gasteiger partial charge in [0.05, 0.1) is 0 Å². The fraction of sp³-hybridized carbons (Fsp3) is 0.529. The molecule has 0 heterocycles. The molecule has 0 aliphatic heterocycles. The van der Waals surface area contributed by atoms with E-state index < -0.39 is 0 Å². The van der Waals surface area contributed by atoms with Crippen LogP contribution in [-0.4, -0.2) is 37.3 Å². The number of carbonyl (C=O) groups excluding carboxylic acids is 2. The minimum Gasteiger partial charge on any atom is -0.356 e. The number of thioether (sulfide) groups is 1. The van der Waals surface area contributed by atoms with E-state index in [1.807, 2.05) is 6.92 Å². The molecular formula is C17H27N3O2S. The van der Waals surface area contributed by atoms with Crippen molar-refractivity contribution in [3.63, 3.8) is 0 Å². The van der Waals surface area contributed by atoms with Crippen molar-refractivity contribution in [1.82, 2.24) is 16.0 Å². The van der Waals surface area contributed by atoms with Crippen molar-refractivity contribution in [2.75, 3.05) is 25.4 Å². The van der Waals surface area contributed by atoms with E-state index in [9.17, 15) is 9.59 Å². The third kappa shape index (κ3) is 9.84. The van der Waals surface area contributed by atoms with Crippen molar-refractivity contribution < 1.29 is 9.59 Å². The maximum absolute atomic E-state index is 11.5. The van der Waals surface area contributed by atoms with Crippen molar-refractivity contribution in [2.24, 2.45) is 0 Å². The molecule has 23 heavy (non-hydrogen) atoms. The van der Waals surface area contributed by atoms with Crippen molar-refractivity contribution in [3.8, 4) is 0 Å². The SMILES string of the molecule is CCCNC(=O)CCNC(=O)NCCSCc1ccc(C)cc1. The number of carbonyl (C=O) groups is 2. The van der Waals surface area contributed by atoms with Crippen LogP contribution in [0.4, 0.5) is 4.79 Å². The smallest absolute Gasteiger partial charge is 0.314 e. The average Bonchev–Trinajstić information content (AvgIpc) is 2.54. The molecule has 0 radical (unpaired) electrons. The number of hydrogen-bond donors (Lipinski definition) is 3. The Labute approximate surface area is 143 Å². The number of aryl methyl sites for hydroxylation is 1. The summed E-state index contributed by atoms with van der Waals surface area (Å²) in [7, 11) is 0. The topological polar surface area (TPSA) is 70.2 Å². The first kappa shape index (κ1) is 19.4. The first-order valence-corrected chi connectivity index (χ1v) is 9.19. The van der Waals surface area contributed by atoms with Crippen LogP contribution in [0.25, 0.3) is 0 Å². The van der Waals surface area contributed by atoms with Crippen molar-refractivity contribution in [1.29, 1.82) is 0 Å². The van der Waals surface area contributed by atoms with Crippen molar-refractivity contribution in [2.45, 2.75) is 32.4 Å². The predicted octanol–water partition coefficient (Wildman–Crippen LogP) is 2.44. The molecule has 3 amide bonds. The molecule has 0 aromatic heterocycles. The second kappa shape index (κ2) is 11.8. The maximum Gasteiger partial charge on any atom is 0.314 e. The molecule has 0 bridgehead atoms. The molecule has 1 rings (SSSR count). The fourth-order valence-electron chi connectivity index (χ4n) is 1.82. The van der Waals surface area contributed by atoms with Crippen LogP contribution in [0.15, 0.2) is 24.3 Å². The van der Waals surface area contributed by atoms with Gasteiger partial charge in [0, 0.05) is 37.6 Å². The summed E-state index contributed by atoms with van der Waals surface area (Å²) in [6.45, 7) is 5.74. The lowest BCUT2D eigenvalue weighted by atomic mass is 10.2. The van der Waals surface area contributed by atoms with Crippen LogP contribution in [0.3, 0.4) is 0 Å². The number of nitrogens with one attached hydrogen (secondary N) is 3. The third-order valence-electron chi connectivity index (χ3n) is 3.13. The van der Waals surface area contributed by atoms with Gasteiger partial charge in [0.2, 0.25) is 5.91 Å². The number of amides is 3. The van der Waals surface area contributed by atoms with Crippen LogP contribution in [-0.2, 0) is 10.5 Å². The molecule has 0 fully saturated rings. The summed E-state index contributed by atoms with van der Waals surface area (Å²) in [5.41, 5.74) is 2.56. The second-order valence-electron chi connectivity index (χ2n) is 5.32. The van der Waals surface area contributed by atoms with Crippen LogP contribution < -0.4 is 16.0 Å². The molecule has 1 aromatic rings. The van der Waals surface area contributed by atoms with Gasteiger partial charge in [-0.05, 0) is 18.9 Å². The molecule has 0 saturated heterocycles.